The van der Waals surface area contributed by atoms with Gasteiger partial charge in [-0.15, -0.1) is 11.3 Å². The van der Waals surface area contributed by atoms with Crippen LogP contribution in [0.1, 0.15) is 10.7 Å². The van der Waals surface area contributed by atoms with E-state index in [0.717, 1.165) is 12.2 Å². The van der Waals surface area contributed by atoms with Crippen LogP contribution in [0.25, 0.3) is 0 Å². The summed E-state index contributed by atoms with van der Waals surface area (Å²) in [4.78, 5) is 5.35. The van der Waals surface area contributed by atoms with Crippen molar-refractivity contribution in [2.45, 2.75) is 6.42 Å². The predicted molar refractivity (Wildman–Crippen MR) is 51.4 cm³/mol. The van der Waals surface area contributed by atoms with Crippen molar-refractivity contribution in [1.29, 1.82) is 0 Å². The van der Waals surface area contributed by atoms with Crippen LogP contribution in [0, 0.1) is 0 Å². The molecule has 62 valence electrons. The molecule has 2 aromatic heterocycles. The first kappa shape index (κ1) is 7.70. The third kappa shape index (κ3) is 1.62. The van der Waals surface area contributed by atoms with Gasteiger partial charge in [0.1, 0.15) is 5.82 Å². The summed E-state index contributed by atoms with van der Waals surface area (Å²) in [5.41, 5.74) is 5.46. The molecular formula is C7H7N3S2. The molecule has 5 heteroatoms. The molecule has 0 radical (unpaired) electrons. The van der Waals surface area contributed by atoms with Crippen molar-refractivity contribution in [3.05, 3.63) is 28.2 Å². The van der Waals surface area contributed by atoms with E-state index >= 15 is 0 Å². The molecule has 0 bridgehead atoms. The lowest BCUT2D eigenvalue weighted by atomic mass is 10.3. The van der Waals surface area contributed by atoms with Gasteiger partial charge in [0.15, 0.2) is 5.13 Å². The van der Waals surface area contributed by atoms with Gasteiger partial charge in [-0.1, -0.05) is 6.07 Å². The van der Waals surface area contributed by atoms with Crippen molar-refractivity contribution in [3.8, 4) is 0 Å². The second kappa shape index (κ2) is 3.20. The van der Waals surface area contributed by atoms with Crippen molar-refractivity contribution in [1.82, 2.24) is 9.36 Å². The minimum Gasteiger partial charge on any atom is -0.374 e. The minimum atomic E-state index is 0.543. The number of rotatable bonds is 2. The number of nitrogens with zero attached hydrogens (tertiary/aromatic N) is 2. The van der Waals surface area contributed by atoms with E-state index in [1.807, 2.05) is 11.4 Å². The molecule has 12 heavy (non-hydrogen) atoms. The predicted octanol–water partition coefficient (Wildman–Crippen LogP) is 1.77. The summed E-state index contributed by atoms with van der Waals surface area (Å²) in [6.07, 6.45) is 0.797. The van der Waals surface area contributed by atoms with Crippen LogP contribution >= 0.6 is 22.9 Å². The van der Waals surface area contributed by atoms with Crippen LogP contribution < -0.4 is 5.73 Å². The molecule has 0 atom stereocenters. The summed E-state index contributed by atoms with van der Waals surface area (Å²) < 4.78 is 4.10. The first-order chi connectivity index (χ1) is 5.84. The van der Waals surface area contributed by atoms with Gasteiger partial charge in [0, 0.05) is 22.8 Å². The lowest BCUT2D eigenvalue weighted by Crippen LogP contribution is -1.88. The van der Waals surface area contributed by atoms with Crippen molar-refractivity contribution in [2.24, 2.45) is 0 Å². The van der Waals surface area contributed by atoms with Gasteiger partial charge in [-0.3, -0.25) is 0 Å². The smallest absolute Gasteiger partial charge is 0.199 e. The molecular weight excluding hydrogens is 190 g/mol. The molecule has 0 aliphatic heterocycles. The minimum absolute atomic E-state index is 0.543. The summed E-state index contributed by atoms with van der Waals surface area (Å²) >= 11 is 2.96. The summed E-state index contributed by atoms with van der Waals surface area (Å²) in [5, 5.41) is 2.59. The number of hydrogen-bond donors (Lipinski definition) is 1. The van der Waals surface area contributed by atoms with Crippen molar-refractivity contribution in [3.63, 3.8) is 0 Å². The summed E-state index contributed by atoms with van der Waals surface area (Å²) in [7, 11) is 0. The van der Waals surface area contributed by atoms with E-state index < -0.39 is 0 Å². The number of hydrogen-bond acceptors (Lipinski definition) is 5. The Labute approximate surface area is 78.1 Å². The van der Waals surface area contributed by atoms with Crippen LogP contribution in [-0.4, -0.2) is 9.36 Å². The number of nitrogens with two attached hydrogens (primary N) is 1. The van der Waals surface area contributed by atoms with Gasteiger partial charge in [-0.2, -0.15) is 4.37 Å². The van der Waals surface area contributed by atoms with Crippen LogP contribution in [-0.2, 0) is 6.42 Å². The maximum absolute atomic E-state index is 5.46. The fraction of sp³-hybridized carbons (Fsp3) is 0.143. The topological polar surface area (TPSA) is 51.8 Å². The molecule has 0 aliphatic carbocycles. The number of thiophene rings is 1. The van der Waals surface area contributed by atoms with Gasteiger partial charge in [0.2, 0.25) is 0 Å². The standard InChI is InChI=1S/C7H7N3S2/c8-7-9-6(10-12-7)4-5-2-1-3-11-5/h1-3H,4H2,(H2,8,9,10). The molecule has 0 unspecified atom stereocenters. The van der Waals surface area contributed by atoms with Crippen LogP contribution in [0.2, 0.25) is 0 Å². The molecule has 0 saturated heterocycles. The molecule has 2 heterocycles. The zero-order chi connectivity index (χ0) is 8.39. The Hall–Kier alpha value is -0.940. The highest BCUT2D eigenvalue weighted by Crippen LogP contribution is 2.14. The maximum Gasteiger partial charge on any atom is 0.199 e. The molecule has 2 N–H and O–H groups in total. The van der Waals surface area contributed by atoms with Gasteiger partial charge < -0.3 is 5.73 Å². The highest BCUT2D eigenvalue weighted by Gasteiger charge is 2.02. The maximum atomic E-state index is 5.46. The van der Waals surface area contributed by atoms with Crippen molar-refractivity contribution < 1.29 is 0 Å². The van der Waals surface area contributed by atoms with E-state index in [9.17, 15) is 0 Å². The Kier molecular flexibility index (Phi) is 2.05. The SMILES string of the molecule is Nc1nc(Cc2cccs2)ns1. The van der Waals surface area contributed by atoms with Gasteiger partial charge in [-0.25, -0.2) is 4.98 Å². The van der Waals surface area contributed by atoms with E-state index in [0.29, 0.717) is 5.13 Å². The fourth-order valence-electron chi connectivity index (χ4n) is 0.908. The average Bonchev–Trinajstić information content (AvgIpc) is 2.63. The third-order valence-electron chi connectivity index (χ3n) is 1.40. The molecule has 0 aliphatic rings. The first-order valence-electron chi connectivity index (χ1n) is 3.45. The zero-order valence-corrected chi connectivity index (χ0v) is 7.86. The van der Waals surface area contributed by atoms with Crippen LogP contribution in [0.4, 0.5) is 5.13 Å². The second-order valence-corrected chi connectivity index (χ2v) is 4.12. The number of aromatic nitrogens is 2. The lowest BCUT2D eigenvalue weighted by molar-refractivity contribution is 1.06. The highest BCUT2D eigenvalue weighted by molar-refractivity contribution is 7.10. The van der Waals surface area contributed by atoms with E-state index in [4.69, 9.17) is 5.73 Å². The van der Waals surface area contributed by atoms with E-state index in [1.54, 1.807) is 11.3 Å². The summed E-state index contributed by atoms with van der Waals surface area (Å²) in [5.74, 6) is 0.819. The Morgan fingerprint density at radius 2 is 2.42 bits per heavy atom. The van der Waals surface area contributed by atoms with Gasteiger partial charge in [0.25, 0.3) is 0 Å². The Morgan fingerprint density at radius 1 is 1.50 bits per heavy atom. The molecule has 3 nitrogen and oxygen atoms in total. The van der Waals surface area contributed by atoms with E-state index in [1.165, 1.54) is 16.4 Å². The van der Waals surface area contributed by atoms with Crippen molar-refractivity contribution >= 4 is 28.0 Å². The van der Waals surface area contributed by atoms with Gasteiger partial charge in [0.05, 0.1) is 0 Å². The van der Waals surface area contributed by atoms with E-state index in [-0.39, 0.29) is 0 Å². The second-order valence-electron chi connectivity index (χ2n) is 2.30. The number of anilines is 1. The Balaban J connectivity index is 2.14. The normalized spacial score (nSPS) is 10.3. The Bertz CT molecular complexity index is 352. The molecule has 0 spiro atoms. The van der Waals surface area contributed by atoms with Crippen molar-refractivity contribution in [2.75, 3.05) is 5.73 Å². The molecule has 0 aromatic carbocycles. The van der Waals surface area contributed by atoms with Crippen LogP contribution in [0.15, 0.2) is 17.5 Å². The highest BCUT2D eigenvalue weighted by atomic mass is 32.1. The van der Waals surface area contributed by atoms with Crippen LogP contribution in [0.5, 0.6) is 0 Å². The zero-order valence-electron chi connectivity index (χ0n) is 6.23. The molecule has 2 rings (SSSR count). The fourth-order valence-corrected chi connectivity index (χ4v) is 2.06. The largest absolute Gasteiger partial charge is 0.374 e. The quantitative estimate of drug-likeness (QED) is 0.798. The Morgan fingerprint density at radius 3 is 3.00 bits per heavy atom. The molecule has 2 aromatic rings. The van der Waals surface area contributed by atoms with Gasteiger partial charge in [-0.05, 0) is 11.4 Å². The van der Waals surface area contributed by atoms with Crippen LogP contribution in [0.3, 0.4) is 0 Å². The summed E-state index contributed by atoms with van der Waals surface area (Å²) in [6.45, 7) is 0. The lowest BCUT2D eigenvalue weighted by Gasteiger charge is -1.87. The third-order valence-corrected chi connectivity index (χ3v) is 2.85. The van der Waals surface area contributed by atoms with E-state index in [2.05, 4.69) is 15.4 Å². The average molecular weight is 197 g/mol. The first-order valence-corrected chi connectivity index (χ1v) is 5.10. The molecule has 0 fully saturated rings. The summed E-state index contributed by atoms with van der Waals surface area (Å²) in [6, 6.07) is 4.09. The molecule has 0 amide bonds. The number of nitrogen functional groups attached to an aromatic ring is 1. The van der Waals surface area contributed by atoms with Gasteiger partial charge >= 0.3 is 0 Å². The molecule has 0 saturated carbocycles. The monoisotopic (exact) mass is 197 g/mol.